The van der Waals surface area contributed by atoms with Gasteiger partial charge in [0.15, 0.2) is 0 Å². The quantitative estimate of drug-likeness (QED) is 0.424. The van der Waals surface area contributed by atoms with Crippen molar-refractivity contribution in [1.29, 1.82) is 0 Å². The van der Waals surface area contributed by atoms with Gasteiger partial charge in [0, 0.05) is 16.0 Å². The van der Waals surface area contributed by atoms with E-state index in [4.69, 9.17) is 11.6 Å². The second kappa shape index (κ2) is 3.43. The Balaban J connectivity index is 3.45. The highest BCUT2D eigenvalue weighted by Gasteiger charge is 1.88. The van der Waals surface area contributed by atoms with Gasteiger partial charge in [0.05, 0.1) is 0 Å². The summed E-state index contributed by atoms with van der Waals surface area (Å²) in [5.41, 5.74) is 0. The van der Waals surface area contributed by atoms with Crippen LogP contribution in [0.4, 0.5) is 0 Å². The zero-order valence-corrected chi connectivity index (χ0v) is 5.18. The van der Waals surface area contributed by atoms with E-state index in [-0.39, 0.29) is 6.54 Å². The molecule has 0 aliphatic carbocycles. The third-order valence-corrected chi connectivity index (χ3v) is 0.676. The number of halogens is 1. The molecule has 3 nitrogen and oxygen atoms in total. The van der Waals surface area contributed by atoms with E-state index in [2.05, 4.69) is 0 Å². The molecule has 46 valence electrons. The van der Waals surface area contributed by atoms with E-state index < -0.39 is 4.92 Å². The Hall–Kier alpha value is -0.570. The SMILES string of the molecule is CC(Cl)=CC[N+](=O)[O-]. The third kappa shape index (κ3) is 5.43. The van der Waals surface area contributed by atoms with Crippen LogP contribution in [-0.4, -0.2) is 11.5 Å². The second-order valence-corrected chi connectivity index (χ2v) is 1.90. The van der Waals surface area contributed by atoms with Crippen molar-refractivity contribution in [2.75, 3.05) is 6.54 Å². The average molecular weight is 136 g/mol. The van der Waals surface area contributed by atoms with Crippen LogP contribution in [0.15, 0.2) is 11.1 Å². The molecule has 0 saturated carbocycles. The molecule has 0 aliphatic rings. The zero-order valence-electron chi connectivity index (χ0n) is 4.43. The summed E-state index contributed by atoms with van der Waals surface area (Å²) in [5.74, 6) is 0. The summed E-state index contributed by atoms with van der Waals surface area (Å²) < 4.78 is 0. The smallest absolute Gasteiger partial charge is 0.223 e. The lowest BCUT2D eigenvalue weighted by atomic mass is 10.5. The van der Waals surface area contributed by atoms with Crippen molar-refractivity contribution < 1.29 is 4.92 Å². The van der Waals surface area contributed by atoms with Gasteiger partial charge in [0.25, 0.3) is 0 Å². The van der Waals surface area contributed by atoms with Gasteiger partial charge in [0.2, 0.25) is 6.54 Å². The molecule has 0 fully saturated rings. The van der Waals surface area contributed by atoms with E-state index >= 15 is 0 Å². The van der Waals surface area contributed by atoms with Crippen LogP contribution in [0.25, 0.3) is 0 Å². The lowest BCUT2D eigenvalue weighted by molar-refractivity contribution is -0.468. The molecular formula is C4H6ClNO2. The molecule has 0 aromatic carbocycles. The molecule has 8 heavy (non-hydrogen) atoms. The van der Waals surface area contributed by atoms with Crippen LogP contribution in [0.1, 0.15) is 6.92 Å². The van der Waals surface area contributed by atoms with Crippen molar-refractivity contribution in [2.24, 2.45) is 0 Å². The van der Waals surface area contributed by atoms with E-state index in [1.165, 1.54) is 6.08 Å². The molecule has 0 atom stereocenters. The fraction of sp³-hybridized carbons (Fsp3) is 0.500. The number of nitrogens with zero attached hydrogens (tertiary/aromatic N) is 1. The van der Waals surface area contributed by atoms with Crippen molar-refractivity contribution >= 4 is 11.6 Å². The summed E-state index contributed by atoms with van der Waals surface area (Å²) in [6.07, 6.45) is 1.35. The molecule has 0 N–H and O–H groups in total. The first kappa shape index (κ1) is 7.43. The third-order valence-electron chi connectivity index (χ3n) is 0.522. The Kier molecular flexibility index (Phi) is 3.19. The maximum absolute atomic E-state index is 9.61. The van der Waals surface area contributed by atoms with Gasteiger partial charge < -0.3 is 0 Å². The minimum Gasteiger partial charge on any atom is -0.264 e. The minimum atomic E-state index is -0.439. The second-order valence-electron chi connectivity index (χ2n) is 1.31. The van der Waals surface area contributed by atoms with Crippen LogP contribution in [0.3, 0.4) is 0 Å². The van der Waals surface area contributed by atoms with E-state index in [0.29, 0.717) is 5.03 Å². The van der Waals surface area contributed by atoms with Crippen LogP contribution in [0.2, 0.25) is 0 Å². The predicted octanol–water partition coefficient (Wildman–Crippen LogP) is 1.41. The number of hydrogen-bond donors (Lipinski definition) is 0. The first-order valence-corrected chi connectivity index (χ1v) is 2.45. The van der Waals surface area contributed by atoms with Crippen LogP contribution >= 0.6 is 11.6 Å². The maximum Gasteiger partial charge on any atom is 0.223 e. The zero-order chi connectivity index (χ0) is 6.57. The van der Waals surface area contributed by atoms with Gasteiger partial charge in [-0.15, -0.1) is 0 Å². The highest BCUT2D eigenvalue weighted by atomic mass is 35.5. The van der Waals surface area contributed by atoms with Gasteiger partial charge in [-0.25, -0.2) is 0 Å². The summed E-state index contributed by atoms with van der Waals surface area (Å²) in [7, 11) is 0. The van der Waals surface area contributed by atoms with Crippen molar-refractivity contribution in [3.63, 3.8) is 0 Å². The summed E-state index contributed by atoms with van der Waals surface area (Å²) in [4.78, 5) is 9.17. The van der Waals surface area contributed by atoms with Crippen LogP contribution in [0.5, 0.6) is 0 Å². The molecule has 0 unspecified atom stereocenters. The Morgan fingerprint density at radius 3 is 2.62 bits per heavy atom. The van der Waals surface area contributed by atoms with Crippen molar-refractivity contribution in [3.05, 3.63) is 21.2 Å². The largest absolute Gasteiger partial charge is 0.264 e. The van der Waals surface area contributed by atoms with Crippen LogP contribution < -0.4 is 0 Å². The Morgan fingerprint density at radius 2 is 2.50 bits per heavy atom. The monoisotopic (exact) mass is 135 g/mol. The molecule has 0 bridgehead atoms. The van der Waals surface area contributed by atoms with Crippen LogP contribution in [0, 0.1) is 10.1 Å². The average Bonchev–Trinajstić information content (AvgIpc) is 1.61. The summed E-state index contributed by atoms with van der Waals surface area (Å²) in [5, 5.41) is 10.1. The van der Waals surface area contributed by atoms with Crippen molar-refractivity contribution in [3.8, 4) is 0 Å². The molecular weight excluding hydrogens is 130 g/mol. The lowest BCUT2D eigenvalue weighted by Gasteiger charge is -1.82. The Bertz CT molecular complexity index is 117. The van der Waals surface area contributed by atoms with Gasteiger partial charge >= 0.3 is 0 Å². The molecule has 4 heteroatoms. The molecule has 0 saturated heterocycles. The molecule has 0 spiro atoms. The van der Waals surface area contributed by atoms with Crippen LogP contribution in [-0.2, 0) is 0 Å². The number of rotatable bonds is 2. The minimum absolute atomic E-state index is 0.185. The molecule has 0 aromatic rings. The predicted molar refractivity (Wildman–Crippen MR) is 31.5 cm³/mol. The number of allylic oxidation sites excluding steroid dienone is 1. The topological polar surface area (TPSA) is 43.1 Å². The van der Waals surface area contributed by atoms with E-state index in [9.17, 15) is 10.1 Å². The molecule has 0 rings (SSSR count). The van der Waals surface area contributed by atoms with E-state index in [0.717, 1.165) is 0 Å². The van der Waals surface area contributed by atoms with Crippen molar-refractivity contribution in [2.45, 2.75) is 6.92 Å². The van der Waals surface area contributed by atoms with Gasteiger partial charge in [-0.3, -0.25) is 10.1 Å². The molecule has 0 amide bonds. The fourth-order valence-electron chi connectivity index (χ4n) is 0.200. The molecule has 0 radical (unpaired) electrons. The van der Waals surface area contributed by atoms with Crippen molar-refractivity contribution in [1.82, 2.24) is 0 Å². The van der Waals surface area contributed by atoms with Gasteiger partial charge in [-0.1, -0.05) is 11.6 Å². The molecule has 0 heterocycles. The van der Waals surface area contributed by atoms with E-state index in [1.807, 2.05) is 0 Å². The normalized spacial score (nSPS) is 11.5. The molecule has 0 aliphatic heterocycles. The summed E-state index contributed by atoms with van der Waals surface area (Å²) >= 11 is 5.28. The maximum atomic E-state index is 9.61. The standard InChI is InChI=1S/C4H6ClNO2/c1-4(5)2-3-6(7)8/h2H,3H2,1H3. The highest BCUT2D eigenvalue weighted by molar-refractivity contribution is 6.29. The Morgan fingerprint density at radius 1 is 2.00 bits per heavy atom. The van der Waals surface area contributed by atoms with Gasteiger partial charge in [-0.05, 0) is 6.92 Å². The summed E-state index contributed by atoms with van der Waals surface area (Å²) in [6.45, 7) is 1.42. The first-order chi connectivity index (χ1) is 3.63. The first-order valence-electron chi connectivity index (χ1n) is 2.07. The number of hydrogen-bond acceptors (Lipinski definition) is 2. The summed E-state index contributed by atoms with van der Waals surface area (Å²) in [6, 6.07) is 0. The lowest BCUT2D eigenvalue weighted by Crippen LogP contribution is -1.95. The molecule has 0 aromatic heterocycles. The van der Waals surface area contributed by atoms with Gasteiger partial charge in [-0.2, -0.15) is 0 Å². The number of nitro groups is 1. The Labute approximate surface area is 52.1 Å². The van der Waals surface area contributed by atoms with E-state index in [1.54, 1.807) is 6.92 Å². The fourth-order valence-corrected chi connectivity index (χ4v) is 0.269. The van der Waals surface area contributed by atoms with Gasteiger partial charge in [0.1, 0.15) is 0 Å². The highest BCUT2D eigenvalue weighted by Crippen LogP contribution is 1.95.